The monoisotopic (exact) mass is 280 g/mol. The smallest absolute Gasteiger partial charge is 0.358 e. The second kappa shape index (κ2) is 5.50. The van der Waals surface area contributed by atoms with Crippen LogP contribution in [0.25, 0.3) is 0 Å². The zero-order chi connectivity index (χ0) is 15.7. The Labute approximate surface area is 118 Å². The standard InChI is InChI=1S/C14H20N2O4/c1-7-8(2)11(15)10(13(18)20-16)6-9(7)12(17)19-14(3,4)5/h6H,15-16H2,1-5H3. The van der Waals surface area contributed by atoms with Crippen molar-refractivity contribution in [3.8, 4) is 0 Å². The Kier molecular flexibility index (Phi) is 4.39. The topological polar surface area (TPSA) is 105 Å². The molecule has 0 bridgehead atoms. The van der Waals surface area contributed by atoms with Crippen molar-refractivity contribution in [1.29, 1.82) is 0 Å². The highest BCUT2D eigenvalue weighted by Crippen LogP contribution is 2.26. The largest absolute Gasteiger partial charge is 0.456 e. The number of nitrogen functional groups attached to an aromatic ring is 1. The minimum atomic E-state index is -0.796. The van der Waals surface area contributed by atoms with Gasteiger partial charge in [0.05, 0.1) is 11.1 Å². The lowest BCUT2D eigenvalue weighted by Crippen LogP contribution is -2.25. The first kappa shape index (κ1) is 16.0. The third-order valence-corrected chi connectivity index (χ3v) is 2.90. The molecule has 4 N–H and O–H groups in total. The van der Waals surface area contributed by atoms with E-state index in [0.29, 0.717) is 11.1 Å². The van der Waals surface area contributed by atoms with Gasteiger partial charge in [0.25, 0.3) is 0 Å². The molecule has 0 saturated carbocycles. The Hall–Kier alpha value is -2.08. The van der Waals surface area contributed by atoms with Crippen molar-refractivity contribution in [2.24, 2.45) is 5.90 Å². The van der Waals surface area contributed by atoms with Crippen LogP contribution in [0.1, 0.15) is 52.6 Å². The van der Waals surface area contributed by atoms with Gasteiger partial charge < -0.3 is 15.3 Å². The molecule has 1 aromatic carbocycles. The van der Waals surface area contributed by atoms with E-state index in [0.717, 1.165) is 0 Å². The van der Waals surface area contributed by atoms with Gasteiger partial charge in [-0.1, -0.05) is 0 Å². The molecule has 20 heavy (non-hydrogen) atoms. The number of ether oxygens (including phenoxy) is 1. The van der Waals surface area contributed by atoms with Crippen molar-refractivity contribution in [3.63, 3.8) is 0 Å². The van der Waals surface area contributed by atoms with Gasteiger partial charge in [-0.2, -0.15) is 5.90 Å². The lowest BCUT2D eigenvalue weighted by atomic mass is 9.97. The fraction of sp³-hybridized carbons (Fsp3) is 0.429. The third-order valence-electron chi connectivity index (χ3n) is 2.90. The molecule has 0 aliphatic carbocycles. The normalized spacial score (nSPS) is 11.1. The number of rotatable bonds is 2. The van der Waals surface area contributed by atoms with Crippen LogP contribution in [0.15, 0.2) is 6.07 Å². The first-order valence-electron chi connectivity index (χ1n) is 6.12. The van der Waals surface area contributed by atoms with E-state index >= 15 is 0 Å². The quantitative estimate of drug-likeness (QED) is 0.487. The summed E-state index contributed by atoms with van der Waals surface area (Å²) in [6, 6.07) is 1.35. The molecule has 110 valence electrons. The zero-order valence-corrected chi connectivity index (χ0v) is 12.4. The minimum Gasteiger partial charge on any atom is -0.456 e. The first-order chi connectivity index (χ1) is 9.08. The summed E-state index contributed by atoms with van der Waals surface area (Å²) >= 11 is 0. The number of esters is 1. The molecule has 0 radical (unpaired) electrons. The molecule has 0 atom stereocenters. The number of anilines is 1. The molecular formula is C14H20N2O4. The molecule has 6 heteroatoms. The highest BCUT2D eigenvalue weighted by Gasteiger charge is 2.24. The lowest BCUT2D eigenvalue weighted by Gasteiger charge is -2.21. The van der Waals surface area contributed by atoms with E-state index in [2.05, 4.69) is 4.84 Å². The molecule has 0 aromatic heterocycles. The average Bonchev–Trinajstić information content (AvgIpc) is 2.33. The van der Waals surface area contributed by atoms with E-state index in [1.807, 2.05) is 0 Å². The van der Waals surface area contributed by atoms with Crippen molar-refractivity contribution in [3.05, 3.63) is 28.3 Å². The molecule has 0 aliphatic heterocycles. The van der Waals surface area contributed by atoms with Crippen molar-refractivity contribution in [2.45, 2.75) is 40.2 Å². The lowest BCUT2D eigenvalue weighted by molar-refractivity contribution is 0.00686. The summed E-state index contributed by atoms with van der Waals surface area (Å²) in [4.78, 5) is 27.9. The van der Waals surface area contributed by atoms with Crippen LogP contribution in [0.3, 0.4) is 0 Å². The summed E-state index contributed by atoms with van der Waals surface area (Å²) in [5.74, 6) is 3.55. The second-order valence-electron chi connectivity index (χ2n) is 5.54. The average molecular weight is 280 g/mol. The fourth-order valence-electron chi connectivity index (χ4n) is 1.71. The summed E-state index contributed by atoms with van der Waals surface area (Å²) in [6.07, 6.45) is 0. The molecule has 0 aliphatic rings. The van der Waals surface area contributed by atoms with Gasteiger partial charge in [-0.15, -0.1) is 0 Å². The van der Waals surface area contributed by atoms with Crippen LogP contribution >= 0.6 is 0 Å². The van der Waals surface area contributed by atoms with E-state index in [9.17, 15) is 9.59 Å². The van der Waals surface area contributed by atoms with E-state index in [1.165, 1.54) is 6.07 Å². The number of hydrogen-bond acceptors (Lipinski definition) is 6. The van der Waals surface area contributed by atoms with Crippen molar-refractivity contribution in [2.75, 3.05) is 5.73 Å². The molecule has 0 heterocycles. The predicted octanol–water partition coefficient (Wildman–Crippen LogP) is 1.87. The molecule has 1 rings (SSSR count). The van der Waals surface area contributed by atoms with Crippen LogP contribution in [-0.2, 0) is 9.57 Å². The van der Waals surface area contributed by atoms with Crippen LogP contribution in [0.5, 0.6) is 0 Å². The molecule has 0 unspecified atom stereocenters. The van der Waals surface area contributed by atoms with E-state index in [-0.39, 0.29) is 16.8 Å². The number of hydrogen-bond donors (Lipinski definition) is 2. The van der Waals surface area contributed by atoms with Gasteiger partial charge in [-0.3, -0.25) is 0 Å². The molecular weight excluding hydrogens is 260 g/mol. The Morgan fingerprint density at radius 2 is 1.60 bits per heavy atom. The van der Waals surface area contributed by atoms with Gasteiger partial charge in [0.2, 0.25) is 0 Å². The summed E-state index contributed by atoms with van der Waals surface area (Å²) in [6.45, 7) is 8.74. The summed E-state index contributed by atoms with van der Waals surface area (Å²) in [5, 5.41) is 0. The SMILES string of the molecule is Cc1c(C(=O)OC(C)(C)C)cc(C(=O)ON)c(N)c1C. The van der Waals surface area contributed by atoms with Gasteiger partial charge in [-0.25, -0.2) is 9.59 Å². The minimum absolute atomic E-state index is 0.0523. The maximum absolute atomic E-state index is 12.2. The summed E-state index contributed by atoms with van der Waals surface area (Å²) in [7, 11) is 0. The number of carbonyl (C=O) groups excluding carboxylic acids is 2. The van der Waals surface area contributed by atoms with Crippen LogP contribution in [0.2, 0.25) is 0 Å². The Morgan fingerprint density at radius 3 is 2.05 bits per heavy atom. The van der Waals surface area contributed by atoms with E-state index in [1.54, 1.807) is 34.6 Å². The number of carbonyl (C=O) groups is 2. The Morgan fingerprint density at radius 1 is 1.05 bits per heavy atom. The van der Waals surface area contributed by atoms with Gasteiger partial charge in [0, 0.05) is 5.69 Å². The van der Waals surface area contributed by atoms with Crippen LogP contribution in [-0.4, -0.2) is 17.5 Å². The van der Waals surface area contributed by atoms with Gasteiger partial charge in [-0.05, 0) is 51.8 Å². The van der Waals surface area contributed by atoms with Crippen LogP contribution in [0, 0.1) is 13.8 Å². The molecule has 0 saturated heterocycles. The molecule has 1 aromatic rings. The molecule has 6 nitrogen and oxygen atoms in total. The van der Waals surface area contributed by atoms with Gasteiger partial charge >= 0.3 is 11.9 Å². The third kappa shape index (κ3) is 3.27. The molecule has 0 amide bonds. The van der Waals surface area contributed by atoms with Gasteiger partial charge in [0.15, 0.2) is 0 Å². The maximum Gasteiger partial charge on any atom is 0.358 e. The van der Waals surface area contributed by atoms with Crippen molar-refractivity contribution >= 4 is 17.6 Å². The highest BCUT2D eigenvalue weighted by atomic mass is 16.7. The van der Waals surface area contributed by atoms with Crippen LogP contribution in [0.4, 0.5) is 5.69 Å². The predicted molar refractivity (Wildman–Crippen MR) is 75.1 cm³/mol. The molecule has 0 spiro atoms. The Balaban J connectivity index is 3.37. The maximum atomic E-state index is 12.2. The molecule has 0 fully saturated rings. The van der Waals surface area contributed by atoms with Crippen molar-refractivity contribution in [1.82, 2.24) is 0 Å². The van der Waals surface area contributed by atoms with Crippen LogP contribution < -0.4 is 11.6 Å². The fourth-order valence-corrected chi connectivity index (χ4v) is 1.71. The summed E-state index contributed by atoms with van der Waals surface area (Å²) in [5.41, 5.74) is 7.06. The number of benzene rings is 1. The van der Waals surface area contributed by atoms with Crippen molar-refractivity contribution < 1.29 is 19.2 Å². The van der Waals surface area contributed by atoms with E-state index < -0.39 is 17.5 Å². The number of nitrogens with two attached hydrogens (primary N) is 2. The summed E-state index contributed by atoms with van der Waals surface area (Å²) < 4.78 is 5.30. The second-order valence-corrected chi connectivity index (χ2v) is 5.54. The van der Waals surface area contributed by atoms with E-state index in [4.69, 9.17) is 16.4 Å². The Bertz CT molecular complexity index is 559. The zero-order valence-electron chi connectivity index (χ0n) is 12.4. The first-order valence-corrected chi connectivity index (χ1v) is 6.12. The van der Waals surface area contributed by atoms with Gasteiger partial charge in [0.1, 0.15) is 5.60 Å². The highest BCUT2D eigenvalue weighted by molar-refractivity contribution is 6.01.